The van der Waals surface area contributed by atoms with E-state index in [2.05, 4.69) is 16.9 Å². The zero-order chi connectivity index (χ0) is 22.7. The first-order chi connectivity index (χ1) is 15.4. The Hall–Kier alpha value is -2.05. The monoisotopic (exact) mass is 461 g/mol. The van der Waals surface area contributed by atoms with Gasteiger partial charge in [-0.15, -0.1) is 12.4 Å². The van der Waals surface area contributed by atoms with Crippen molar-refractivity contribution < 1.29 is 11.0 Å². The fourth-order valence-electron chi connectivity index (χ4n) is 5.20. The molecule has 4 rings (SSSR count). The van der Waals surface area contributed by atoms with Crippen molar-refractivity contribution in [2.75, 3.05) is 46.3 Å². The molecule has 32 heavy (non-hydrogen) atoms. The van der Waals surface area contributed by atoms with Gasteiger partial charge < -0.3 is 19.7 Å². The molecule has 1 aromatic heterocycles. The predicted molar refractivity (Wildman–Crippen MR) is 131 cm³/mol. The maximum atomic E-state index is 13.2. The van der Waals surface area contributed by atoms with Gasteiger partial charge in [-0.05, 0) is 87.7 Å². The summed E-state index contributed by atoms with van der Waals surface area (Å²) in [6.07, 6.45) is 5.86. The molecule has 1 N–H and O–H groups in total. The highest BCUT2D eigenvalue weighted by molar-refractivity contribution is 5.99. The van der Waals surface area contributed by atoms with E-state index < -0.39 is 0 Å². The third-order valence-electron chi connectivity index (χ3n) is 7.16. The van der Waals surface area contributed by atoms with E-state index in [0.717, 1.165) is 55.1 Å². The third-order valence-corrected chi connectivity index (χ3v) is 7.16. The van der Waals surface area contributed by atoms with Crippen LogP contribution >= 0.6 is 12.4 Å². The minimum Gasteiger partial charge on any atom is -0.361 e. The third kappa shape index (κ3) is 5.65. The van der Waals surface area contributed by atoms with Crippen LogP contribution in [-0.4, -0.2) is 77.8 Å². The maximum Gasteiger partial charge on any atom is 0.254 e. The Balaban J connectivity index is 0.00000306. The van der Waals surface area contributed by atoms with Crippen LogP contribution in [0.4, 0.5) is 0 Å². The van der Waals surface area contributed by atoms with Crippen LogP contribution in [-0.2, 0) is 4.79 Å². The Kier molecular flexibility index (Phi) is 8.09. The highest BCUT2D eigenvalue weighted by atomic mass is 35.5. The summed E-state index contributed by atoms with van der Waals surface area (Å²) in [5.41, 5.74) is 1.33. The second kappa shape index (κ2) is 11.2. The molecule has 3 heterocycles. The summed E-state index contributed by atoms with van der Waals surface area (Å²) in [4.78, 5) is 35.3. The number of piperidine rings is 2. The number of carbonyl (C=O) groups excluding carboxylic acids is 2. The van der Waals surface area contributed by atoms with Gasteiger partial charge in [0.25, 0.3) is 5.91 Å². The molecule has 0 spiro atoms. The van der Waals surface area contributed by atoms with Gasteiger partial charge in [0.05, 0.1) is 1.37 Å². The van der Waals surface area contributed by atoms with Gasteiger partial charge in [0.2, 0.25) is 5.91 Å². The Morgan fingerprint density at radius 3 is 2.41 bits per heavy atom. The average Bonchev–Trinajstić information content (AvgIpc) is 3.18. The number of fused-ring (bicyclic) bond motifs is 1. The van der Waals surface area contributed by atoms with Gasteiger partial charge in [-0.25, -0.2) is 0 Å². The number of hydrogen-bond donors (Lipinski definition) is 1. The van der Waals surface area contributed by atoms with Gasteiger partial charge in [0.15, 0.2) is 0 Å². The van der Waals surface area contributed by atoms with Crippen molar-refractivity contribution in [2.24, 2.45) is 11.8 Å². The van der Waals surface area contributed by atoms with Gasteiger partial charge in [0.1, 0.15) is 6.54 Å². The standard InChI is InChI=1S/C25H36N4O2.ClH/c1-3-12-29(25(31)22-5-4-21-6-11-26-23(21)17-22)18-24(30)28-15-9-20(10-16-28)19-7-13-27(2)14-8-19;/h4-6,11,17,19-20,26H,3,7-10,12-16,18H2,1-2H3;1H/i11D;. The lowest BCUT2D eigenvalue weighted by Crippen LogP contribution is -2.47. The molecule has 2 aliphatic heterocycles. The molecule has 0 aliphatic carbocycles. The summed E-state index contributed by atoms with van der Waals surface area (Å²) in [7, 11) is 2.20. The van der Waals surface area contributed by atoms with E-state index in [-0.39, 0.29) is 30.8 Å². The molecule has 7 heteroatoms. The van der Waals surface area contributed by atoms with Gasteiger partial charge >= 0.3 is 0 Å². The Morgan fingerprint density at radius 1 is 1.09 bits per heavy atom. The summed E-state index contributed by atoms with van der Waals surface area (Å²) < 4.78 is 7.74. The second-order valence-electron chi connectivity index (χ2n) is 9.30. The van der Waals surface area contributed by atoms with Crippen LogP contribution in [0.15, 0.2) is 30.4 Å². The largest absolute Gasteiger partial charge is 0.361 e. The van der Waals surface area contributed by atoms with E-state index in [1.165, 1.54) is 25.9 Å². The first-order valence-corrected chi connectivity index (χ1v) is 11.8. The van der Waals surface area contributed by atoms with Crippen LogP contribution in [0.2, 0.25) is 0 Å². The zero-order valence-electron chi connectivity index (χ0n) is 20.3. The van der Waals surface area contributed by atoms with E-state index in [1.807, 2.05) is 17.9 Å². The number of nitrogens with zero attached hydrogens (tertiary/aromatic N) is 3. The molecule has 176 valence electrons. The molecular weight excluding hydrogens is 424 g/mol. The minimum absolute atomic E-state index is 0. The highest BCUT2D eigenvalue weighted by Crippen LogP contribution is 2.32. The van der Waals surface area contributed by atoms with E-state index in [9.17, 15) is 9.59 Å². The first-order valence-electron chi connectivity index (χ1n) is 12.3. The number of aromatic nitrogens is 1. The number of likely N-dealkylation sites (tertiary alicyclic amines) is 2. The van der Waals surface area contributed by atoms with Crippen molar-refractivity contribution in [2.45, 2.75) is 39.0 Å². The lowest BCUT2D eigenvalue weighted by atomic mass is 9.79. The van der Waals surface area contributed by atoms with E-state index in [1.54, 1.807) is 23.1 Å². The van der Waals surface area contributed by atoms with Crippen LogP contribution in [0.25, 0.3) is 10.9 Å². The summed E-state index contributed by atoms with van der Waals surface area (Å²) in [6.45, 7) is 6.72. The van der Waals surface area contributed by atoms with Gasteiger partial charge in [-0.1, -0.05) is 13.0 Å². The number of hydrogen-bond acceptors (Lipinski definition) is 3. The molecule has 0 radical (unpaired) electrons. The first kappa shape index (κ1) is 23.1. The number of amides is 2. The molecule has 0 saturated carbocycles. The second-order valence-corrected chi connectivity index (χ2v) is 9.30. The average molecular weight is 462 g/mol. The fraction of sp³-hybridized carbons (Fsp3) is 0.600. The number of nitrogens with one attached hydrogen (secondary N) is 1. The normalized spacial score (nSPS) is 18.9. The lowest BCUT2D eigenvalue weighted by molar-refractivity contribution is -0.133. The van der Waals surface area contributed by atoms with Crippen LogP contribution in [0.5, 0.6) is 0 Å². The van der Waals surface area contributed by atoms with Crippen LogP contribution in [0, 0.1) is 11.8 Å². The summed E-state index contributed by atoms with van der Waals surface area (Å²) in [5, 5.41) is 0.914. The molecule has 6 nitrogen and oxygen atoms in total. The van der Waals surface area contributed by atoms with Crippen molar-refractivity contribution >= 4 is 35.1 Å². The van der Waals surface area contributed by atoms with Gasteiger partial charge in [-0.3, -0.25) is 9.59 Å². The molecule has 2 amide bonds. The molecule has 0 unspecified atom stereocenters. The van der Waals surface area contributed by atoms with Crippen molar-refractivity contribution in [1.29, 1.82) is 0 Å². The van der Waals surface area contributed by atoms with Gasteiger partial charge in [0, 0.05) is 36.9 Å². The number of rotatable bonds is 6. The topological polar surface area (TPSA) is 59.7 Å². The smallest absolute Gasteiger partial charge is 0.254 e. The Bertz CT molecular complexity index is 949. The number of aromatic amines is 1. The minimum atomic E-state index is -0.121. The Morgan fingerprint density at radius 2 is 1.75 bits per heavy atom. The van der Waals surface area contributed by atoms with Crippen LogP contribution in [0.3, 0.4) is 0 Å². The van der Waals surface area contributed by atoms with Crippen molar-refractivity contribution in [3.8, 4) is 0 Å². The molecule has 2 aliphatic rings. The molecule has 0 bridgehead atoms. The summed E-state index contributed by atoms with van der Waals surface area (Å²) in [6, 6.07) is 7.18. The number of H-pyrrole nitrogens is 1. The zero-order valence-corrected chi connectivity index (χ0v) is 20.1. The van der Waals surface area contributed by atoms with E-state index >= 15 is 0 Å². The molecule has 1 aromatic carbocycles. The fourth-order valence-corrected chi connectivity index (χ4v) is 5.20. The number of benzene rings is 1. The van der Waals surface area contributed by atoms with Crippen LogP contribution < -0.4 is 0 Å². The molecule has 2 aromatic rings. The summed E-state index contributed by atoms with van der Waals surface area (Å²) >= 11 is 0. The summed E-state index contributed by atoms with van der Waals surface area (Å²) in [5.74, 6) is 1.47. The van der Waals surface area contributed by atoms with Crippen molar-refractivity contribution in [1.82, 2.24) is 19.7 Å². The molecule has 2 fully saturated rings. The SMILES string of the molecule is Cl.[2H]c1cc2ccc(C(=O)N(CCC)CC(=O)N3CCC(C4CCN(C)CC4)CC3)cc2[nH]1. The Labute approximate surface area is 199 Å². The highest BCUT2D eigenvalue weighted by Gasteiger charge is 2.31. The molecule has 0 atom stereocenters. The van der Waals surface area contributed by atoms with E-state index in [4.69, 9.17) is 1.37 Å². The maximum absolute atomic E-state index is 13.2. The van der Waals surface area contributed by atoms with Gasteiger partial charge in [-0.2, -0.15) is 0 Å². The number of halogens is 1. The van der Waals surface area contributed by atoms with E-state index in [0.29, 0.717) is 18.3 Å². The van der Waals surface area contributed by atoms with Crippen molar-refractivity contribution in [3.63, 3.8) is 0 Å². The van der Waals surface area contributed by atoms with Crippen LogP contribution in [0.1, 0.15) is 50.8 Å². The molecule has 2 saturated heterocycles. The predicted octanol–water partition coefficient (Wildman–Crippen LogP) is 4.02. The molecular formula is C25H37ClN4O2. The van der Waals surface area contributed by atoms with Crippen molar-refractivity contribution in [3.05, 3.63) is 36.0 Å². The number of carbonyl (C=O) groups is 2. The quantitative estimate of drug-likeness (QED) is 0.706. The lowest BCUT2D eigenvalue weighted by Gasteiger charge is -2.39.